The molecule has 0 N–H and O–H groups in total. The molecule has 0 atom stereocenters. The van der Waals surface area contributed by atoms with E-state index in [1.54, 1.807) is 103 Å². The van der Waals surface area contributed by atoms with E-state index in [0.717, 1.165) is 22.7 Å². The molecule has 0 saturated heterocycles. The van der Waals surface area contributed by atoms with Gasteiger partial charge in [0.25, 0.3) is 0 Å². The highest BCUT2D eigenvalue weighted by Gasteiger charge is 2.60. The van der Waals surface area contributed by atoms with Gasteiger partial charge in [-0.2, -0.15) is 0 Å². The van der Waals surface area contributed by atoms with Gasteiger partial charge in [0.15, 0.2) is 0 Å². The second-order valence-corrected chi connectivity index (χ2v) is 8.69. The van der Waals surface area contributed by atoms with Crippen LogP contribution >= 0.6 is 0 Å². The van der Waals surface area contributed by atoms with E-state index in [1.807, 2.05) is 0 Å². The van der Waals surface area contributed by atoms with Gasteiger partial charge in [-0.15, -0.1) is 0 Å². The molecule has 0 aromatic heterocycles. The average Bonchev–Trinajstić information content (AvgIpc) is 3.24. The predicted octanol–water partition coefficient (Wildman–Crippen LogP) is 6.49. The van der Waals surface area contributed by atoms with Crippen LogP contribution in [0.25, 0.3) is 0 Å². The largest absolute Gasteiger partial charge is 0.0530 e. The summed E-state index contributed by atoms with van der Waals surface area (Å²) in [6.45, 7) is 0. The van der Waals surface area contributed by atoms with E-state index in [4.69, 9.17) is 0 Å². The van der Waals surface area contributed by atoms with Crippen LogP contribution in [0.15, 0.2) is 0 Å². The average molecular weight is 274 g/mol. The minimum absolute atomic E-state index is 0.814. The maximum absolute atomic E-state index is 1.62. The van der Waals surface area contributed by atoms with Gasteiger partial charge in [-0.25, -0.2) is 0 Å². The second-order valence-electron chi connectivity index (χ2n) is 8.69. The molecule has 0 unspecified atom stereocenters. The van der Waals surface area contributed by atoms with Crippen LogP contribution in [0.2, 0.25) is 0 Å². The van der Waals surface area contributed by atoms with E-state index in [1.165, 1.54) is 0 Å². The third kappa shape index (κ3) is 1.85. The first-order valence-corrected chi connectivity index (χ1v) is 9.87. The molecule has 4 aliphatic rings. The normalized spacial score (nSPS) is 34.2. The van der Waals surface area contributed by atoms with Gasteiger partial charge in [0.05, 0.1) is 0 Å². The Labute approximate surface area is 126 Å². The molecule has 0 aliphatic heterocycles. The van der Waals surface area contributed by atoms with Crippen LogP contribution < -0.4 is 0 Å². The van der Waals surface area contributed by atoms with Crippen LogP contribution in [0.5, 0.6) is 0 Å². The lowest BCUT2D eigenvalue weighted by Gasteiger charge is -2.55. The van der Waals surface area contributed by atoms with Crippen molar-refractivity contribution in [3.8, 4) is 0 Å². The predicted molar refractivity (Wildman–Crippen MR) is 85.7 cm³/mol. The highest BCUT2D eigenvalue weighted by Crippen LogP contribution is 2.69. The van der Waals surface area contributed by atoms with E-state index in [0.29, 0.717) is 0 Å². The van der Waals surface area contributed by atoms with Crippen molar-refractivity contribution in [3.05, 3.63) is 0 Å². The molecular formula is C20H34. The molecule has 4 saturated carbocycles. The fourth-order valence-electron chi connectivity index (χ4n) is 7.59. The summed E-state index contributed by atoms with van der Waals surface area (Å²) in [5.74, 6) is 2.26. The van der Waals surface area contributed by atoms with Gasteiger partial charge in [-0.05, 0) is 74.0 Å². The van der Waals surface area contributed by atoms with Crippen LogP contribution in [0, 0.1) is 22.7 Å². The Hall–Kier alpha value is 0. The summed E-state index contributed by atoms with van der Waals surface area (Å²) in [4.78, 5) is 0. The van der Waals surface area contributed by atoms with Crippen molar-refractivity contribution < 1.29 is 0 Å². The van der Waals surface area contributed by atoms with Gasteiger partial charge in [0.1, 0.15) is 0 Å². The zero-order valence-electron chi connectivity index (χ0n) is 13.5. The number of hydrogen-bond acceptors (Lipinski definition) is 0. The number of rotatable bonds is 3. The monoisotopic (exact) mass is 274 g/mol. The Kier molecular flexibility index (Phi) is 3.63. The smallest absolute Gasteiger partial charge is 0.0210 e. The van der Waals surface area contributed by atoms with Gasteiger partial charge in [-0.1, -0.05) is 51.4 Å². The molecule has 114 valence electrons. The molecule has 0 aromatic carbocycles. The zero-order chi connectivity index (χ0) is 13.5. The van der Waals surface area contributed by atoms with Crippen LogP contribution in [-0.4, -0.2) is 0 Å². The lowest BCUT2D eigenvalue weighted by molar-refractivity contribution is -0.0594. The molecule has 0 spiro atoms. The van der Waals surface area contributed by atoms with Crippen molar-refractivity contribution in [2.24, 2.45) is 22.7 Å². The second kappa shape index (κ2) is 5.33. The summed E-state index contributed by atoms with van der Waals surface area (Å²) in [6, 6.07) is 0. The Balaban J connectivity index is 1.71. The molecule has 0 aromatic rings. The van der Waals surface area contributed by atoms with E-state index in [2.05, 4.69) is 0 Å². The molecule has 0 heteroatoms. The molecule has 0 amide bonds. The quantitative estimate of drug-likeness (QED) is 0.552. The van der Waals surface area contributed by atoms with E-state index < -0.39 is 0 Å². The first kappa shape index (κ1) is 13.6. The van der Waals surface area contributed by atoms with Crippen molar-refractivity contribution in [1.29, 1.82) is 0 Å². The maximum atomic E-state index is 1.62. The standard InChI is InChI=1S/C20H34/c1-2-10-17(9-1)19(13-5-6-14-19)20(15-7-8-16-20)18-11-3-4-12-18/h17-18H,1-16H2. The van der Waals surface area contributed by atoms with Crippen molar-refractivity contribution in [2.45, 2.75) is 103 Å². The SMILES string of the molecule is C1CCC(C2(C3(C4CCCC4)CCCC3)CCCC2)C1. The van der Waals surface area contributed by atoms with Crippen LogP contribution in [0.4, 0.5) is 0 Å². The van der Waals surface area contributed by atoms with Crippen molar-refractivity contribution >= 4 is 0 Å². The fraction of sp³-hybridized carbons (Fsp3) is 1.00. The minimum atomic E-state index is 0.814. The van der Waals surface area contributed by atoms with Gasteiger partial charge in [0.2, 0.25) is 0 Å². The molecule has 0 heterocycles. The van der Waals surface area contributed by atoms with Crippen molar-refractivity contribution in [3.63, 3.8) is 0 Å². The molecule has 0 bridgehead atoms. The Bertz CT molecular complexity index is 284. The zero-order valence-corrected chi connectivity index (χ0v) is 13.5. The van der Waals surface area contributed by atoms with E-state index in [-0.39, 0.29) is 0 Å². The Morgan fingerprint density at radius 1 is 0.400 bits per heavy atom. The van der Waals surface area contributed by atoms with Crippen molar-refractivity contribution in [1.82, 2.24) is 0 Å². The Morgan fingerprint density at radius 2 is 0.700 bits per heavy atom. The van der Waals surface area contributed by atoms with Gasteiger partial charge in [-0.3, -0.25) is 0 Å². The molecule has 4 aliphatic carbocycles. The Morgan fingerprint density at radius 3 is 1.00 bits per heavy atom. The molecule has 0 radical (unpaired) electrons. The van der Waals surface area contributed by atoms with Gasteiger partial charge in [0, 0.05) is 0 Å². The minimum Gasteiger partial charge on any atom is -0.0530 e. The summed E-state index contributed by atoms with van der Waals surface area (Å²) < 4.78 is 0. The van der Waals surface area contributed by atoms with Crippen LogP contribution in [-0.2, 0) is 0 Å². The molecule has 20 heavy (non-hydrogen) atoms. The molecular weight excluding hydrogens is 240 g/mol. The summed E-state index contributed by atoms with van der Waals surface area (Å²) in [7, 11) is 0. The topological polar surface area (TPSA) is 0 Å². The first-order chi connectivity index (χ1) is 9.87. The summed E-state index contributed by atoms with van der Waals surface area (Å²) in [5.41, 5.74) is 1.63. The molecule has 0 nitrogen and oxygen atoms in total. The third-order valence-electron chi connectivity index (χ3n) is 8.26. The van der Waals surface area contributed by atoms with Crippen molar-refractivity contribution in [2.75, 3.05) is 0 Å². The van der Waals surface area contributed by atoms with Crippen LogP contribution in [0.3, 0.4) is 0 Å². The van der Waals surface area contributed by atoms with E-state index >= 15 is 0 Å². The lowest BCUT2D eigenvalue weighted by atomic mass is 9.50. The number of hydrogen-bond donors (Lipinski definition) is 0. The first-order valence-electron chi connectivity index (χ1n) is 9.87. The summed E-state index contributed by atoms with van der Waals surface area (Å²) in [6.07, 6.45) is 25.3. The third-order valence-corrected chi connectivity index (χ3v) is 8.26. The van der Waals surface area contributed by atoms with Gasteiger partial charge < -0.3 is 0 Å². The highest BCUT2D eigenvalue weighted by molar-refractivity contribution is 5.09. The van der Waals surface area contributed by atoms with Crippen LogP contribution in [0.1, 0.15) is 103 Å². The highest BCUT2D eigenvalue weighted by atomic mass is 14.6. The maximum Gasteiger partial charge on any atom is -0.0210 e. The molecule has 4 fully saturated rings. The van der Waals surface area contributed by atoms with Gasteiger partial charge >= 0.3 is 0 Å². The van der Waals surface area contributed by atoms with E-state index in [9.17, 15) is 0 Å². The fourth-order valence-corrected chi connectivity index (χ4v) is 7.59. The summed E-state index contributed by atoms with van der Waals surface area (Å²) in [5, 5.41) is 0. The molecule has 4 rings (SSSR count). The lowest BCUT2D eigenvalue weighted by Crippen LogP contribution is -2.47. The summed E-state index contributed by atoms with van der Waals surface area (Å²) >= 11 is 0.